The van der Waals surface area contributed by atoms with Gasteiger partial charge in [-0.15, -0.1) is 12.6 Å². The molecule has 178 valence electrons. The van der Waals surface area contributed by atoms with Crippen LogP contribution in [-0.2, 0) is 4.79 Å². The van der Waals surface area contributed by atoms with Crippen LogP contribution in [0.4, 0.5) is 11.6 Å². The zero-order valence-corrected chi connectivity index (χ0v) is 20.8. The third-order valence-corrected chi connectivity index (χ3v) is 6.29. The van der Waals surface area contributed by atoms with Gasteiger partial charge in [0.05, 0.1) is 11.2 Å². The van der Waals surface area contributed by atoms with Gasteiger partial charge in [-0.3, -0.25) is 4.79 Å². The fraction of sp³-hybridized carbons (Fsp3) is 0.346. The molecule has 1 amide bonds. The average molecular weight is 478 g/mol. The molecule has 2 aromatic carbocycles. The number of thiol groups is 1. The Labute approximate surface area is 206 Å². The molecule has 0 spiro atoms. The highest BCUT2D eigenvalue weighted by Crippen LogP contribution is 2.25. The number of nitrogens with one attached hydrogen (secondary N) is 1. The van der Waals surface area contributed by atoms with E-state index in [2.05, 4.69) is 41.8 Å². The van der Waals surface area contributed by atoms with Crippen LogP contribution in [0.25, 0.3) is 17.0 Å². The van der Waals surface area contributed by atoms with Crippen LogP contribution in [0.5, 0.6) is 5.75 Å². The molecule has 8 heteroatoms. The molecule has 1 saturated heterocycles. The summed E-state index contributed by atoms with van der Waals surface area (Å²) in [6.45, 7) is 3.91. The molecular formula is C26H31N5O2S. The lowest BCUT2D eigenvalue weighted by Gasteiger charge is -2.35. The highest BCUT2D eigenvalue weighted by atomic mass is 32.1. The van der Waals surface area contributed by atoms with Crippen molar-refractivity contribution in [2.45, 2.75) is 25.8 Å². The molecule has 1 N–H and O–H groups in total. The van der Waals surface area contributed by atoms with E-state index >= 15 is 0 Å². The van der Waals surface area contributed by atoms with Crippen LogP contribution in [-0.4, -0.2) is 59.9 Å². The molecule has 2 heterocycles. The van der Waals surface area contributed by atoms with Gasteiger partial charge in [0.15, 0.2) is 0 Å². The summed E-state index contributed by atoms with van der Waals surface area (Å²) < 4.78 is 5.31. The van der Waals surface area contributed by atoms with E-state index in [0.29, 0.717) is 17.7 Å². The first kappa shape index (κ1) is 24.0. The van der Waals surface area contributed by atoms with Crippen molar-refractivity contribution < 1.29 is 9.53 Å². The Hall–Kier alpha value is -3.10. The number of piperidine rings is 1. The minimum Gasteiger partial charge on any atom is -0.483 e. The number of ether oxygens (including phenoxy) is 1. The van der Waals surface area contributed by atoms with Gasteiger partial charge in [-0.2, -0.15) is 0 Å². The largest absolute Gasteiger partial charge is 0.483 e. The molecule has 1 aromatic heterocycles. The highest BCUT2D eigenvalue weighted by molar-refractivity contribution is 7.80. The normalized spacial score (nSPS) is 14.8. The van der Waals surface area contributed by atoms with Crippen LogP contribution in [0.2, 0.25) is 0 Å². The molecule has 0 saturated carbocycles. The first-order chi connectivity index (χ1) is 16.4. The first-order valence-electron chi connectivity index (χ1n) is 11.5. The summed E-state index contributed by atoms with van der Waals surface area (Å²) in [7, 11) is 4.28. The van der Waals surface area contributed by atoms with Crippen LogP contribution >= 0.6 is 12.6 Å². The highest BCUT2D eigenvalue weighted by Gasteiger charge is 2.22. The summed E-state index contributed by atoms with van der Waals surface area (Å²) in [5.74, 6) is 1.65. The molecule has 1 aliphatic heterocycles. The minimum absolute atomic E-state index is 0.200. The van der Waals surface area contributed by atoms with E-state index in [1.807, 2.05) is 49.4 Å². The lowest BCUT2D eigenvalue weighted by Crippen LogP contribution is -2.42. The predicted molar refractivity (Wildman–Crippen MR) is 142 cm³/mol. The van der Waals surface area contributed by atoms with Crippen LogP contribution in [0.15, 0.2) is 48.5 Å². The zero-order chi connectivity index (χ0) is 24.1. The van der Waals surface area contributed by atoms with Gasteiger partial charge < -0.3 is 19.9 Å². The van der Waals surface area contributed by atoms with E-state index in [4.69, 9.17) is 14.7 Å². The molecule has 0 aliphatic carbocycles. The molecule has 0 unspecified atom stereocenters. The van der Waals surface area contributed by atoms with Gasteiger partial charge in [-0.05, 0) is 75.8 Å². The first-order valence-corrected chi connectivity index (χ1v) is 12.1. The Morgan fingerprint density at radius 3 is 2.59 bits per heavy atom. The second kappa shape index (κ2) is 10.9. The molecule has 4 rings (SSSR count). The van der Waals surface area contributed by atoms with Crippen LogP contribution in [0.3, 0.4) is 0 Å². The smallest absolute Gasteiger partial charge is 0.248 e. The summed E-state index contributed by atoms with van der Waals surface area (Å²) in [4.78, 5) is 26.6. The van der Waals surface area contributed by atoms with Gasteiger partial charge in [0.25, 0.3) is 0 Å². The van der Waals surface area contributed by atoms with Gasteiger partial charge in [0.1, 0.15) is 11.7 Å². The van der Waals surface area contributed by atoms with Gasteiger partial charge in [-0.1, -0.05) is 12.1 Å². The monoisotopic (exact) mass is 477 g/mol. The number of hydrogen-bond donors (Lipinski definition) is 2. The second-order valence-corrected chi connectivity index (χ2v) is 8.95. The Morgan fingerprint density at radius 2 is 1.91 bits per heavy atom. The van der Waals surface area contributed by atoms with Crippen molar-refractivity contribution >= 4 is 47.2 Å². The van der Waals surface area contributed by atoms with E-state index in [1.165, 1.54) is 6.08 Å². The van der Waals surface area contributed by atoms with Crippen LogP contribution in [0, 0.1) is 6.92 Å². The SMILES string of the molecule is Cc1nc(N2CCC(N(C)C)CC2)nc2ccc(NC(=O)C=Cc3ccc(OCS)cc3)cc12. The average Bonchev–Trinajstić information content (AvgIpc) is 2.84. The molecule has 0 radical (unpaired) electrons. The molecule has 0 atom stereocenters. The standard InChI is InChI=1S/C26H31N5O2S/c1-18-23-16-20(28-25(32)11-6-19-4-8-22(9-5-19)33-17-34)7-10-24(23)29-26(27-18)31-14-12-21(13-15-31)30(2)3/h4-11,16,21,34H,12-15,17H2,1-3H3,(H,28,32). The van der Waals surface area contributed by atoms with E-state index in [0.717, 1.165) is 59.8 Å². The molecule has 1 aliphatic rings. The summed E-state index contributed by atoms with van der Waals surface area (Å²) in [5.41, 5.74) is 3.41. The maximum atomic E-state index is 12.4. The van der Waals surface area contributed by atoms with Gasteiger partial charge in [0, 0.05) is 36.3 Å². The fourth-order valence-corrected chi connectivity index (χ4v) is 4.32. The van der Waals surface area contributed by atoms with E-state index in [9.17, 15) is 4.79 Å². The van der Waals surface area contributed by atoms with E-state index in [1.54, 1.807) is 6.08 Å². The molecular weight excluding hydrogens is 446 g/mol. The van der Waals surface area contributed by atoms with E-state index in [-0.39, 0.29) is 5.91 Å². The molecule has 34 heavy (non-hydrogen) atoms. The van der Waals surface area contributed by atoms with Crippen molar-refractivity contribution in [2.75, 3.05) is 43.3 Å². The topological polar surface area (TPSA) is 70.6 Å². The fourth-order valence-electron chi connectivity index (χ4n) is 4.17. The molecule has 7 nitrogen and oxygen atoms in total. The number of carbonyl (C=O) groups is 1. The number of rotatable bonds is 7. The number of amides is 1. The number of benzene rings is 2. The van der Waals surface area contributed by atoms with Gasteiger partial charge in [0.2, 0.25) is 11.9 Å². The quantitative estimate of drug-likeness (QED) is 0.299. The third-order valence-electron chi connectivity index (χ3n) is 6.16. The van der Waals surface area contributed by atoms with Crippen LogP contribution in [0.1, 0.15) is 24.1 Å². The predicted octanol–water partition coefficient (Wildman–Crippen LogP) is 4.39. The lowest BCUT2D eigenvalue weighted by molar-refractivity contribution is -0.111. The van der Waals surface area contributed by atoms with E-state index < -0.39 is 0 Å². The number of hydrogen-bond acceptors (Lipinski definition) is 7. The maximum absolute atomic E-state index is 12.4. The Kier molecular flexibility index (Phi) is 7.70. The summed E-state index contributed by atoms with van der Waals surface area (Å²) >= 11 is 4.04. The summed E-state index contributed by atoms with van der Waals surface area (Å²) in [5, 5.41) is 3.86. The second-order valence-electron chi connectivity index (χ2n) is 8.69. The Balaban J connectivity index is 1.42. The van der Waals surface area contributed by atoms with Crippen molar-refractivity contribution in [3.05, 3.63) is 59.8 Å². The molecule has 3 aromatic rings. The lowest BCUT2D eigenvalue weighted by atomic mass is 10.0. The van der Waals surface area contributed by atoms with Crippen molar-refractivity contribution in [1.82, 2.24) is 14.9 Å². The molecule has 0 bridgehead atoms. The van der Waals surface area contributed by atoms with Crippen LogP contribution < -0.4 is 15.0 Å². The number of aryl methyl sites for hydroxylation is 1. The minimum atomic E-state index is -0.200. The summed E-state index contributed by atoms with van der Waals surface area (Å²) in [6.07, 6.45) is 5.50. The third kappa shape index (κ3) is 5.87. The maximum Gasteiger partial charge on any atom is 0.248 e. The number of anilines is 2. The van der Waals surface area contributed by atoms with Crippen molar-refractivity contribution in [2.24, 2.45) is 0 Å². The van der Waals surface area contributed by atoms with Gasteiger partial charge >= 0.3 is 0 Å². The number of carbonyl (C=O) groups excluding carboxylic acids is 1. The van der Waals surface area contributed by atoms with Crippen molar-refractivity contribution in [3.63, 3.8) is 0 Å². The van der Waals surface area contributed by atoms with Crippen molar-refractivity contribution in [1.29, 1.82) is 0 Å². The number of nitrogens with zero attached hydrogens (tertiary/aromatic N) is 4. The zero-order valence-electron chi connectivity index (χ0n) is 19.9. The number of aromatic nitrogens is 2. The van der Waals surface area contributed by atoms with Gasteiger partial charge in [-0.25, -0.2) is 9.97 Å². The van der Waals surface area contributed by atoms with Crippen molar-refractivity contribution in [3.8, 4) is 5.75 Å². The Bertz CT molecular complexity index is 1170. The Morgan fingerprint density at radius 1 is 1.18 bits per heavy atom. The number of fused-ring (bicyclic) bond motifs is 1. The molecule has 1 fully saturated rings. The summed E-state index contributed by atoms with van der Waals surface area (Å²) in [6, 6.07) is 13.8.